The normalized spacial score (nSPS) is 20.5. The van der Waals surface area contributed by atoms with E-state index in [1.807, 2.05) is 67.6 Å². The smallest absolute Gasteiger partial charge is 0.345 e. The molecule has 1 aliphatic carbocycles. The molecule has 4 N–H and O–H groups in total. The number of allylic oxidation sites excluding steroid dienone is 3. The lowest BCUT2D eigenvalue weighted by Gasteiger charge is -2.33. The number of aliphatic hydroxyl groups is 1. The molecule has 0 saturated carbocycles. The average Bonchev–Trinajstić information content (AvgIpc) is 2.98. The maximum absolute atomic E-state index is 13.4. The second-order valence-electron chi connectivity index (χ2n) is 10.1. The number of carbonyl (C=O) groups is 2. The summed E-state index contributed by atoms with van der Waals surface area (Å²) in [5, 5.41) is 26.8. The number of carbonyl (C=O) groups excluding carboxylic acids is 2. The van der Waals surface area contributed by atoms with Crippen LogP contribution in [0.5, 0.6) is 0 Å². The van der Waals surface area contributed by atoms with Crippen LogP contribution in [0.1, 0.15) is 32.3 Å². The van der Waals surface area contributed by atoms with Gasteiger partial charge in [-0.25, -0.2) is 9.86 Å². The van der Waals surface area contributed by atoms with Gasteiger partial charge in [-0.05, 0) is 55.2 Å². The summed E-state index contributed by atoms with van der Waals surface area (Å²) in [5.41, 5.74) is 2.90. The van der Waals surface area contributed by atoms with Crippen LogP contribution < -0.4 is 15.5 Å². The van der Waals surface area contributed by atoms with Gasteiger partial charge in [-0.3, -0.25) is 10.0 Å². The number of rotatable bonds is 9. The molecule has 1 fully saturated rings. The Bertz CT molecular complexity index is 1180. The predicted molar refractivity (Wildman–Crippen MR) is 151 cm³/mol. The van der Waals surface area contributed by atoms with E-state index in [2.05, 4.69) is 15.5 Å². The lowest BCUT2D eigenvalue weighted by atomic mass is 9.76. The van der Waals surface area contributed by atoms with Crippen molar-refractivity contribution in [3.8, 4) is 0 Å². The van der Waals surface area contributed by atoms with Crippen LogP contribution in [-0.4, -0.2) is 72.3 Å². The van der Waals surface area contributed by atoms with E-state index >= 15 is 0 Å². The number of nitrogens with zero attached hydrogens (tertiary/aromatic N) is 2. The summed E-state index contributed by atoms with van der Waals surface area (Å²) in [7, 11) is 0. The molecule has 1 heterocycles. The molecule has 2 aromatic rings. The van der Waals surface area contributed by atoms with Gasteiger partial charge in [0.1, 0.15) is 0 Å². The first-order valence-corrected chi connectivity index (χ1v) is 13.5. The maximum atomic E-state index is 13.4. The van der Waals surface area contributed by atoms with Gasteiger partial charge in [0, 0.05) is 24.5 Å². The van der Waals surface area contributed by atoms with Gasteiger partial charge in [0.15, 0.2) is 0 Å². The molecule has 39 heavy (non-hydrogen) atoms. The SMILES string of the molecule is CCC1(C(=O)N[C@H](CN(O)C(=O)Nc2ccc(N3CCOCC3)cc2)[C@@H](C)O)C=CC(c2ccccc2)=CC1. The molecule has 208 valence electrons. The van der Waals surface area contributed by atoms with Gasteiger partial charge in [-0.2, -0.15) is 0 Å². The van der Waals surface area contributed by atoms with Gasteiger partial charge < -0.3 is 25.4 Å². The van der Waals surface area contributed by atoms with Gasteiger partial charge in [-0.1, -0.05) is 55.5 Å². The van der Waals surface area contributed by atoms with Gasteiger partial charge in [-0.15, -0.1) is 0 Å². The summed E-state index contributed by atoms with van der Waals surface area (Å²) >= 11 is 0. The Kier molecular flexibility index (Phi) is 9.40. The number of hydroxylamine groups is 2. The van der Waals surface area contributed by atoms with Crippen LogP contribution in [0.4, 0.5) is 16.2 Å². The fraction of sp³-hybridized carbons (Fsp3) is 0.400. The third kappa shape index (κ3) is 7.06. The third-order valence-corrected chi connectivity index (χ3v) is 7.46. The number of hydrogen-bond donors (Lipinski definition) is 4. The topological polar surface area (TPSA) is 114 Å². The standard InChI is InChI=1S/C30H38N4O5/c1-3-30(15-13-24(14-16-30)23-7-5-4-6-8-23)28(36)32-27(22(2)35)21-34(38)29(37)31-25-9-11-26(12-10-25)33-17-19-39-20-18-33/h4-15,22,27,35,38H,3,16-21H2,1-2H3,(H,31,37)(H,32,36)/t22-,27-,30?/m1/s1. The summed E-state index contributed by atoms with van der Waals surface area (Å²) in [5.74, 6) is -0.261. The highest BCUT2D eigenvalue weighted by Gasteiger charge is 2.37. The van der Waals surface area contributed by atoms with Crippen molar-refractivity contribution in [2.24, 2.45) is 5.41 Å². The van der Waals surface area contributed by atoms with Crippen LogP contribution in [0.3, 0.4) is 0 Å². The molecule has 3 amide bonds. The fourth-order valence-electron chi connectivity index (χ4n) is 4.78. The number of hydrogen-bond acceptors (Lipinski definition) is 6. The second-order valence-corrected chi connectivity index (χ2v) is 10.1. The van der Waals surface area contributed by atoms with Crippen molar-refractivity contribution < 1.29 is 24.6 Å². The van der Waals surface area contributed by atoms with E-state index in [9.17, 15) is 19.9 Å². The van der Waals surface area contributed by atoms with Gasteiger partial charge >= 0.3 is 6.03 Å². The first-order chi connectivity index (χ1) is 18.8. The Hall–Kier alpha value is -3.66. The van der Waals surface area contributed by atoms with E-state index in [-0.39, 0.29) is 12.5 Å². The Morgan fingerprint density at radius 3 is 2.38 bits per heavy atom. The minimum Gasteiger partial charge on any atom is -0.391 e. The van der Waals surface area contributed by atoms with E-state index in [1.54, 1.807) is 12.1 Å². The highest BCUT2D eigenvalue weighted by molar-refractivity contribution is 5.90. The quantitative estimate of drug-likeness (QED) is 0.285. The van der Waals surface area contributed by atoms with Crippen LogP contribution in [0.25, 0.3) is 5.57 Å². The van der Waals surface area contributed by atoms with E-state index in [1.165, 1.54) is 6.92 Å². The summed E-state index contributed by atoms with van der Waals surface area (Å²) < 4.78 is 5.38. The summed E-state index contributed by atoms with van der Waals surface area (Å²) in [6, 6.07) is 15.7. The Balaban J connectivity index is 1.34. The van der Waals surface area contributed by atoms with E-state index in [0.717, 1.165) is 29.9 Å². The van der Waals surface area contributed by atoms with Crippen LogP contribution in [0.2, 0.25) is 0 Å². The number of benzene rings is 2. The maximum Gasteiger partial charge on any atom is 0.345 e. The van der Waals surface area contributed by atoms with E-state index in [0.29, 0.717) is 36.8 Å². The van der Waals surface area contributed by atoms with E-state index < -0.39 is 23.6 Å². The molecule has 3 atom stereocenters. The number of morpholine rings is 1. The monoisotopic (exact) mass is 534 g/mol. The Morgan fingerprint density at radius 2 is 1.79 bits per heavy atom. The van der Waals surface area contributed by atoms with E-state index in [4.69, 9.17) is 4.74 Å². The van der Waals surface area contributed by atoms with Crippen molar-refractivity contribution in [2.75, 3.05) is 43.1 Å². The lowest BCUT2D eigenvalue weighted by Crippen LogP contribution is -2.54. The zero-order chi connectivity index (χ0) is 27.8. The molecule has 4 rings (SSSR count). The van der Waals surface area contributed by atoms with Gasteiger partial charge in [0.2, 0.25) is 5.91 Å². The number of amides is 3. The molecule has 0 aromatic heterocycles. The predicted octanol–water partition coefficient (Wildman–Crippen LogP) is 4.05. The minimum atomic E-state index is -0.999. The minimum absolute atomic E-state index is 0.261. The van der Waals surface area contributed by atoms with Crippen molar-refractivity contribution in [1.29, 1.82) is 0 Å². The molecule has 1 unspecified atom stereocenters. The number of aliphatic hydroxyl groups excluding tert-OH is 1. The number of urea groups is 1. The number of nitrogens with one attached hydrogen (secondary N) is 2. The third-order valence-electron chi connectivity index (χ3n) is 7.46. The summed E-state index contributed by atoms with van der Waals surface area (Å²) in [6.07, 6.45) is 5.98. The first kappa shape index (κ1) is 28.4. The average molecular weight is 535 g/mol. The molecular weight excluding hydrogens is 496 g/mol. The molecule has 1 aliphatic heterocycles. The second kappa shape index (κ2) is 12.9. The highest BCUT2D eigenvalue weighted by atomic mass is 16.5. The van der Waals surface area contributed by atoms with Crippen LogP contribution >= 0.6 is 0 Å². The molecule has 1 saturated heterocycles. The molecule has 0 spiro atoms. The molecule has 9 heteroatoms. The van der Waals surface area contributed by atoms with Crippen LogP contribution in [-0.2, 0) is 9.53 Å². The fourth-order valence-corrected chi connectivity index (χ4v) is 4.78. The lowest BCUT2D eigenvalue weighted by molar-refractivity contribution is -0.131. The summed E-state index contributed by atoms with van der Waals surface area (Å²) in [4.78, 5) is 28.3. The van der Waals surface area contributed by atoms with Crippen molar-refractivity contribution in [3.05, 3.63) is 78.4 Å². The van der Waals surface area contributed by atoms with Crippen LogP contribution in [0, 0.1) is 5.41 Å². The summed E-state index contributed by atoms with van der Waals surface area (Å²) in [6.45, 7) is 6.16. The molecule has 2 aromatic carbocycles. The molecule has 9 nitrogen and oxygen atoms in total. The highest BCUT2D eigenvalue weighted by Crippen LogP contribution is 2.36. The van der Waals surface area contributed by atoms with Gasteiger partial charge in [0.05, 0.1) is 37.3 Å². The molecule has 2 aliphatic rings. The molecule has 0 radical (unpaired) electrons. The molecule has 0 bridgehead atoms. The van der Waals surface area contributed by atoms with Crippen molar-refractivity contribution >= 4 is 28.9 Å². The van der Waals surface area contributed by atoms with Crippen LogP contribution in [0.15, 0.2) is 72.8 Å². The largest absolute Gasteiger partial charge is 0.391 e. The van der Waals surface area contributed by atoms with Crippen molar-refractivity contribution in [2.45, 2.75) is 38.8 Å². The van der Waals surface area contributed by atoms with Crippen molar-refractivity contribution in [3.63, 3.8) is 0 Å². The molecular formula is C30H38N4O5. The Morgan fingerprint density at radius 1 is 1.10 bits per heavy atom. The Labute approximate surface area is 229 Å². The zero-order valence-corrected chi connectivity index (χ0v) is 22.5. The van der Waals surface area contributed by atoms with Crippen molar-refractivity contribution in [1.82, 2.24) is 10.4 Å². The zero-order valence-electron chi connectivity index (χ0n) is 22.5. The number of anilines is 2. The number of ether oxygens (including phenoxy) is 1. The van der Waals surface area contributed by atoms with Gasteiger partial charge in [0.25, 0.3) is 0 Å². The first-order valence-electron chi connectivity index (χ1n) is 13.5.